The molecule has 0 unspecified atom stereocenters. The third-order valence-electron chi connectivity index (χ3n) is 21.4. The molecule has 5 aliphatic heterocycles. The number of aliphatic hydroxyl groups excluding tert-OH is 1. The molecule has 4 aliphatic carbocycles. The lowest BCUT2D eigenvalue weighted by Crippen LogP contribution is -2.75. The number of hydrogen-bond acceptors (Lipinski definition) is 21. The Morgan fingerprint density at radius 3 is 1.43 bits per heavy atom. The van der Waals surface area contributed by atoms with Gasteiger partial charge in [0.15, 0.2) is 31.5 Å². The van der Waals surface area contributed by atoms with Gasteiger partial charge in [0.25, 0.3) is 0 Å². The lowest BCUT2D eigenvalue weighted by molar-refractivity contribution is -0.352. The fourth-order valence-corrected chi connectivity index (χ4v) is 16.6. The molecular formula is C63H96O21. The van der Waals surface area contributed by atoms with E-state index in [0.717, 1.165) is 5.57 Å². The van der Waals surface area contributed by atoms with E-state index in [9.17, 15) is 24.9 Å². The van der Waals surface area contributed by atoms with Crippen LogP contribution in [0.4, 0.5) is 0 Å². The van der Waals surface area contributed by atoms with Crippen LogP contribution in [0.15, 0.2) is 42.0 Å². The van der Waals surface area contributed by atoms with Crippen molar-refractivity contribution in [2.75, 3.05) is 35.5 Å². The van der Waals surface area contributed by atoms with Crippen LogP contribution in [-0.2, 0) is 80.6 Å². The molecule has 21 heteroatoms. The number of esters is 1. The second-order valence-corrected chi connectivity index (χ2v) is 26.0. The van der Waals surface area contributed by atoms with Crippen LogP contribution in [0.25, 0.3) is 0 Å². The molecule has 5 heterocycles. The topological polar surface area (TPSA) is 243 Å². The number of ether oxygens (including phenoxy) is 16. The minimum absolute atomic E-state index is 0.0854. The van der Waals surface area contributed by atoms with Crippen molar-refractivity contribution in [2.24, 2.45) is 22.7 Å². The predicted molar refractivity (Wildman–Crippen MR) is 299 cm³/mol. The normalized spacial score (nSPS) is 48.7. The quantitative estimate of drug-likeness (QED) is 0.109. The fourth-order valence-electron chi connectivity index (χ4n) is 16.6. The molecule has 1 aromatic carbocycles. The summed E-state index contributed by atoms with van der Waals surface area (Å²) in [6.45, 7) is 15.1. The van der Waals surface area contributed by atoms with Crippen molar-refractivity contribution in [3.8, 4) is 0 Å². The van der Waals surface area contributed by atoms with Crippen molar-refractivity contribution in [2.45, 2.75) is 279 Å². The minimum atomic E-state index is -1.68. The van der Waals surface area contributed by atoms with Gasteiger partial charge in [0, 0.05) is 84.9 Å². The number of carbonyl (C=O) groups is 2. The van der Waals surface area contributed by atoms with Crippen molar-refractivity contribution in [3.63, 3.8) is 0 Å². The zero-order valence-electron chi connectivity index (χ0n) is 51.5. The second-order valence-electron chi connectivity index (χ2n) is 26.0. The standard InChI is InChI=1S/C63H96O21/c1-32(64)41-21-24-63(68)61(41,8)48(80-59(66)38-17-15-14-16-18-38)31-47-60(7)22-20-40(25-39(60)19-23-62(47,63)67)79-49-27-43(70-10)55(34(3)75-49)82-51-29-45(72-12)57(36(5)77-51)84-53-30-46(73-13)58(37(6)78-53)83-52-28-44(71-11)56(35(4)76-52)81-50-26-42(69-9)54(65)33(2)74-50/h14-19,33-37,40-58,65,67-68H,20-31H2,1-13H3/t33-,34-,35-,36-,37-,40+,41+,42-,43+,44-,45+,46-,47-,48-,49+,50+,51+,52+,53+,54-,55-,56-,57-,58-,60+,61+,62+,63-/m1/s1. The maximum atomic E-state index is 13.8. The summed E-state index contributed by atoms with van der Waals surface area (Å²) in [5.74, 6) is -1.64. The Morgan fingerprint density at radius 1 is 0.560 bits per heavy atom. The van der Waals surface area contributed by atoms with E-state index in [0.29, 0.717) is 69.8 Å². The molecule has 10 rings (SSSR count). The zero-order valence-corrected chi connectivity index (χ0v) is 51.5. The first kappa shape index (κ1) is 64.4. The van der Waals surface area contributed by atoms with Gasteiger partial charge in [-0.3, -0.25) is 4.79 Å². The first-order valence-corrected chi connectivity index (χ1v) is 30.8. The lowest BCUT2D eigenvalue weighted by Gasteiger charge is -2.66. The summed E-state index contributed by atoms with van der Waals surface area (Å²) < 4.78 is 101. The van der Waals surface area contributed by atoms with Gasteiger partial charge in [-0.05, 0) is 104 Å². The number of benzene rings is 1. The van der Waals surface area contributed by atoms with Crippen LogP contribution in [0, 0.1) is 22.7 Å². The highest BCUT2D eigenvalue weighted by Crippen LogP contribution is 2.70. The highest BCUT2D eigenvalue weighted by Gasteiger charge is 2.77. The molecule has 3 N–H and O–H groups in total. The number of fused-ring (bicyclic) bond motifs is 5. The number of ketones is 1. The largest absolute Gasteiger partial charge is 0.458 e. The van der Waals surface area contributed by atoms with E-state index in [1.807, 2.05) is 40.7 Å². The molecule has 8 fully saturated rings. The summed E-state index contributed by atoms with van der Waals surface area (Å²) in [7, 11) is 8.16. The first-order chi connectivity index (χ1) is 40.0. The Bertz CT molecular complexity index is 2420. The average molecular weight is 1190 g/mol. The molecule has 0 spiro atoms. The highest BCUT2D eigenvalue weighted by molar-refractivity contribution is 5.89. The maximum Gasteiger partial charge on any atom is 0.338 e. The molecule has 21 nitrogen and oxygen atoms in total. The van der Waals surface area contributed by atoms with Gasteiger partial charge in [0.1, 0.15) is 53.6 Å². The smallest absolute Gasteiger partial charge is 0.338 e. The van der Waals surface area contributed by atoms with Crippen molar-refractivity contribution < 1.29 is 101 Å². The van der Waals surface area contributed by atoms with Gasteiger partial charge in [-0.25, -0.2) is 4.79 Å². The van der Waals surface area contributed by atoms with Crippen LogP contribution in [0.5, 0.6) is 0 Å². The Morgan fingerprint density at radius 2 is 0.988 bits per heavy atom. The van der Waals surface area contributed by atoms with E-state index in [4.69, 9.17) is 75.8 Å². The third kappa shape index (κ3) is 12.0. The molecule has 9 aliphatic rings. The summed E-state index contributed by atoms with van der Waals surface area (Å²) in [6, 6.07) is 8.78. The van der Waals surface area contributed by atoms with Crippen LogP contribution < -0.4 is 0 Å². The van der Waals surface area contributed by atoms with Gasteiger partial charge in [-0.15, -0.1) is 0 Å². The van der Waals surface area contributed by atoms with Crippen molar-refractivity contribution in [1.29, 1.82) is 0 Å². The molecule has 0 bridgehead atoms. The summed E-state index contributed by atoms with van der Waals surface area (Å²) in [6.07, 6.45) is -4.08. The van der Waals surface area contributed by atoms with Crippen LogP contribution in [0.3, 0.4) is 0 Å². The lowest BCUT2D eigenvalue weighted by atomic mass is 9.43. The third-order valence-corrected chi connectivity index (χ3v) is 21.4. The Kier molecular flexibility index (Phi) is 20.0. The van der Waals surface area contributed by atoms with E-state index in [1.165, 1.54) is 6.92 Å². The molecule has 5 saturated heterocycles. The van der Waals surface area contributed by atoms with E-state index < -0.39 is 157 Å². The monoisotopic (exact) mass is 1190 g/mol. The van der Waals surface area contributed by atoms with E-state index in [1.54, 1.807) is 66.7 Å². The molecule has 3 saturated carbocycles. The van der Waals surface area contributed by atoms with E-state index >= 15 is 0 Å². The first-order valence-electron chi connectivity index (χ1n) is 30.8. The molecule has 0 amide bonds. The number of carbonyl (C=O) groups excluding carboxylic acids is 2. The zero-order chi connectivity index (χ0) is 60.2. The van der Waals surface area contributed by atoms with E-state index in [2.05, 4.69) is 13.0 Å². The highest BCUT2D eigenvalue weighted by atomic mass is 16.8. The van der Waals surface area contributed by atoms with Crippen molar-refractivity contribution in [3.05, 3.63) is 47.5 Å². The van der Waals surface area contributed by atoms with Gasteiger partial charge in [0.05, 0.1) is 72.7 Å². The summed E-state index contributed by atoms with van der Waals surface area (Å²) in [5.41, 5.74) is -3.46. The molecule has 84 heavy (non-hydrogen) atoms. The summed E-state index contributed by atoms with van der Waals surface area (Å²) in [5, 5.41) is 36.5. The molecular weight excluding hydrogens is 1090 g/mol. The van der Waals surface area contributed by atoms with Crippen LogP contribution in [-0.4, -0.2) is 209 Å². The number of Topliss-reactive ketones (excluding diaryl/α,β-unsaturated/α-hetero) is 1. The van der Waals surface area contributed by atoms with Gasteiger partial charge < -0.3 is 91.1 Å². The number of rotatable bonds is 18. The maximum absolute atomic E-state index is 13.8. The summed E-state index contributed by atoms with van der Waals surface area (Å²) >= 11 is 0. The van der Waals surface area contributed by atoms with Crippen molar-refractivity contribution >= 4 is 11.8 Å². The molecule has 0 aromatic heterocycles. The molecule has 474 valence electrons. The number of aliphatic hydroxyl groups is 3. The number of hydrogen-bond donors (Lipinski definition) is 3. The summed E-state index contributed by atoms with van der Waals surface area (Å²) in [4.78, 5) is 27.0. The fraction of sp³-hybridized carbons (Fsp3) is 0.841. The Labute approximate surface area is 495 Å². The van der Waals surface area contributed by atoms with Crippen LogP contribution in [0.1, 0.15) is 143 Å². The molecule has 1 aromatic rings. The van der Waals surface area contributed by atoms with Gasteiger partial charge in [-0.1, -0.05) is 43.7 Å². The van der Waals surface area contributed by atoms with Gasteiger partial charge in [0.2, 0.25) is 0 Å². The SMILES string of the molecule is CO[C@H]1C[C@H](O[C@H]2CC[C@@]3(C)C(=CC[C@]4(O)[C@@H]3C[C@@H](OC(=O)c3ccccc3)[C@]3(C)[C@H](C(C)=O)CC[C@@]34O)C2)O[C@H](C)[C@H]1O[C@H]1C[C@H](OC)[C@H](O[C@H]2C[C@@H](OC)[C@H](O[C@H]3C[C@@H](OC)[C@H](O[C@H]4C[C@@H](OC)[C@H](O)[C@@H](C)O4)[C@@H](C)O3)[C@@H](C)O2)[C@@H](C)O1. The molecule has 28 atom stereocenters. The minimum Gasteiger partial charge on any atom is -0.458 e. The van der Waals surface area contributed by atoms with Gasteiger partial charge in [-0.2, -0.15) is 0 Å². The predicted octanol–water partition coefficient (Wildman–Crippen LogP) is 6.26. The number of methoxy groups -OCH3 is 5. The van der Waals surface area contributed by atoms with Gasteiger partial charge >= 0.3 is 5.97 Å². The van der Waals surface area contributed by atoms with E-state index in [-0.39, 0.29) is 36.9 Å². The average Bonchev–Trinajstić information content (AvgIpc) is 1.30. The van der Waals surface area contributed by atoms with Crippen molar-refractivity contribution in [1.82, 2.24) is 0 Å². The molecule has 0 radical (unpaired) electrons. The van der Waals surface area contributed by atoms with Crippen LogP contribution in [0.2, 0.25) is 0 Å². The second kappa shape index (κ2) is 26.1. The Balaban J connectivity index is 0.718. The van der Waals surface area contributed by atoms with Crippen LogP contribution >= 0.6 is 0 Å². The Hall–Kier alpha value is -2.62.